The Morgan fingerprint density at radius 3 is 2.39 bits per heavy atom. The molecule has 1 saturated carbocycles. The van der Waals surface area contributed by atoms with Gasteiger partial charge in [-0.1, -0.05) is 53.5 Å². The second kappa shape index (κ2) is 8.42. The number of benzene rings is 2. The van der Waals surface area contributed by atoms with Crippen LogP contribution in [-0.2, 0) is 14.9 Å². The van der Waals surface area contributed by atoms with E-state index < -0.39 is 5.41 Å². The Morgan fingerprint density at radius 2 is 1.75 bits per heavy atom. The van der Waals surface area contributed by atoms with Gasteiger partial charge in [0.1, 0.15) is 0 Å². The lowest BCUT2D eigenvalue weighted by molar-refractivity contribution is -0.124. The summed E-state index contributed by atoms with van der Waals surface area (Å²) in [5, 5.41) is 4.62. The van der Waals surface area contributed by atoms with Crippen molar-refractivity contribution in [2.75, 3.05) is 32.8 Å². The summed E-state index contributed by atoms with van der Waals surface area (Å²) in [6, 6.07) is 15.5. The lowest BCUT2D eigenvalue weighted by atomic mass is 9.94. The maximum Gasteiger partial charge on any atom is 0.230 e. The van der Waals surface area contributed by atoms with Crippen LogP contribution in [0, 0.1) is 0 Å². The molecule has 0 bridgehead atoms. The molecule has 1 amide bonds. The summed E-state index contributed by atoms with van der Waals surface area (Å²) in [6.45, 7) is 3.58. The summed E-state index contributed by atoms with van der Waals surface area (Å²) >= 11 is 12.5. The minimum atomic E-state index is -0.416. The molecular formula is C22H24Cl2N2O2. The first kappa shape index (κ1) is 19.7. The number of nitrogens with zero attached hydrogens (tertiary/aromatic N) is 1. The molecule has 2 fully saturated rings. The third-order valence-electron chi connectivity index (χ3n) is 5.79. The van der Waals surface area contributed by atoms with Gasteiger partial charge >= 0.3 is 0 Å². The molecule has 1 aliphatic heterocycles. The second-order valence-corrected chi connectivity index (χ2v) is 8.33. The van der Waals surface area contributed by atoms with Crippen molar-refractivity contribution in [3.05, 3.63) is 69.7 Å². The monoisotopic (exact) mass is 418 g/mol. The molecule has 1 saturated heterocycles. The van der Waals surface area contributed by atoms with Gasteiger partial charge in [-0.15, -0.1) is 0 Å². The van der Waals surface area contributed by atoms with Gasteiger partial charge in [0, 0.05) is 29.7 Å². The Kier molecular flexibility index (Phi) is 5.93. The fourth-order valence-electron chi connectivity index (χ4n) is 3.97. The van der Waals surface area contributed by atoms with E-state index in [1.807, 2.05) is 48.5 Å². The minimum absolute atomic E-state index is 0.0302. The van der Waals surface area contributed by atoms with E-state index in [-0.39, 0.29) is 11.9 Å². The van der Waals surface area contributed by atoms with Crippen molar-refractivity contribution in [3.63, 3.8) is 0 Å². The Hall–Kier alpha value is -1.59. The van der Waals surface area contributed by atoms with E-state index >= 15 is 0 Å². The molecule has 1 aliphatic carbocycles. The van der Waals surface area contributed by atoms with Crippen LogP contribution in [0.25, 0.3) is 0 Å². The zero-order valence-corrected chi connectivity index (χ0v) is 17.2. The predicted octanol–water partition coefficient (Wildman–Crippen LogP) is 4.21. The highest BCUT2D eigenvalue weighted by Crippen LogP contribution is 2.48. The fourth-order valence-corrected chi connectivity index (χ4v) is 4.36. The van der Waals surface area contributed by atoms with E-state index in [9.17, 15) is 4.79 Å². The van der Waals surface area contributed by atoms with Gasteiger partial charge in [0.05, 0.1) is 24.7 Å². The predicted molar refractivity (Wildman–Crippen MR) is 112 cm³/mol. The molecule has 4 nitrogen and oxygen atoms in total. The third-order valence-corrected chi connectivity index (χ3v) is 6.38. The SMILES string of the molecule is O=C(NCC(c1ccccc1Cl)N1CCOCC1)C1(c2ccc(Cl)cc2)CC1. The summed E-state index contributed by atoms with van der Waals surface area (Å²) in [4.78, 5) is 15.4. The standard InChI is InChI=1S/C22H24Cl2N2O2/c23-17-7-5-16(6-8-17)22(9-10-22)21(27)25-15-20(26-11-13-28-14-12-26)18-3-1-2-4-19(18)24/h1-8,20H,9-15H2,(H,25,27). The molecule has 28 heavy (non-hydrogen) atoms. The van der Waals surface area contributed by atoms with Crippen LogP contribution in [0.4, 0.5) is 0 Å². The van der Waals surface area contributed by atoms with Crippen molar-refractivity contribution in [2.24, 2.45) is 0 Å². The molecule has 2 aromatic rings. The normalized spacial score (nSPS) is 19.8. The van der Waals surface area contributed by atoms with Crippen LogP contribution in [0.1, 0.15) is 30.0 Å². The molecule has 1 heterocycles. The van der Waals surface area contributed by atoms with Crippen LogP contribution in [0.15, 0.2) is 48.5 Å². The summed E-state index contributed by atoms with van der Waals surface area (Å²) in [5.41, 5.74) is 1.67. The molecule has 148 valence electrons. The Bertz CT molecular complexity index is 831. The first-order valence-electron chi connectivity index (χ1n) is 9.71. The fraction of sp³-hybridized carbons (Fsp3) is 0.409. The van der Waals surface area contributed by atoms with Gasteiger partial charge in [-0.2, -0.15) is 0 Å². The number of nitrogens with one attached hydrogen (secondary N) is 1. The van der Waals surface area contributed by atoms with E-state index in [0.717, 1.165) is 42.1 Å². The highest BCUT2D eigenvalue weighted by Gasteiger charge is 2.51. The van der Waals surface area contributed by atoms with Crippen molar-refractivity contribution in [1.82, 2.24) is 10.2 Å². The number of amides is 1. The smallest absolute Gasteiger partial charge is 0.230 e. The zero-order chi connectivity index (χ0) is 19.6. The number of hydrogen-bond donors (Lipinski definition) is 1. The zero-order valence-electron chi connectivity index (χ0n) is 15.7. The van der Waals surface area contributed by atoms with Crippen molar-refractivity contribution in [1.29, 1.82) is 0 Å². The molecule has 0 radical (unpaired) electrons. The van der Waals surface area contributed by atoms with Crippen LogP contribution in [0.3, 0.4) is 0 Å². The van der Waals surface area contributed by atoms with Gasteiger partial charge in [0.25, 0.3) is 0 Å². The second-order valence-electron chi connectivity index (χ2n) is 7.48. The Balaban J connectivity index is 1.50. The first-order chi connectivity index (χ1) is 13.6. The minimum Gasteiger partial charge on any atom is -0.379 e. The van der Waals surface area contributed by atoms with Gasteiger partial charge in [0.2, 0.25) is 5.91 Å². The first-order valence-corrected chi connectivity index (χ1v) is 10.5. The van der Waals surface area contributed by atoms with Crippen LogP contribution in [0.5, 0.6) is 0 Å². The molecular weight excluding hydrogens is 395 g/mol. The molecule has 2 aliphatic rings. The van der Waals surface area contributed by atoms with Crippen LogP contribution < -0.4 is 5.32 Å². The third kappa shape index (κ3) is 4.06. The van der Waals surface area contributed by atoms with Crippen molar-refractivity contribution in [3.8, 4) is 0 Å². The molecule has 1 atom stereocenters. The topological polar surface area (TPSA) is 41.6 Å². The molecule has 0 spiro atoms. The van der Waals surface area contributed by atoms with Crippen LogP contribution >= 0.6 is 23.2 Å². The van der Waals surface area contributed by atoms with Crippen LogP contribution in [-0.4, -0.2) is 43.7 Å². The van der Waals surface area contributed by atoms with Gasteiger partial charge in [0.15, 0.2) is 0 Å². The van der Waals surface area contributed by atoms with Gasteiger partial charge in [-0.3, -0.25) is 9.69 Å². The van der Waals surface area contributed by atoms with Gasteiger partial charge in [-0.05, 0) is 42.2 Å². The molecule has 6 heteroatoms. The van der Waals surface area contributed by atoms with E-state index in [1.54, 1.807) is 0 Å². The van der Waals surface area contributed by atoms with Crippen molar-refractivity contribution >= 4 is 29.1 Å². The van der Waals surface area contributed by atoms with Crippen molar-refractivity contribution < 1.29 is 9.53 Å². The number of morpholine rings is 1. The molecule has 4 rings (SSSR count). The molecule has 0 aromatic heterocycles. The maximum absolute atomic E-state index is 13.1. The average molecular weight is 419 g/mol. The highest BCUT2D eigenvalue weighted by atomic mass is 35.5. The number of carbonyl (C=O) groups excluding carboxylic acids is 1. The van der Waals surface area contributed by atoms with Crippen molar-refractivity contribution in [2.45, 2.75) is 24.3 Å². The number of ether oxygens (including phenoxy) is 1. The van der Waals surface area contributed by atoms with E-state index in [0.29, 0.717) is 24.8 Å². The summed E-state index contributed by atoms with van der Waals surface area (Å²) in [5.74, 6) is 0.0835. The largest absolute Gasteiger partial charge is 0.379 e. The number of halogens is 2. The Labute approximate surface area is 175 Å². The van der Waals surface area contributed by atoms with E-state index in [1.165, 1.54) is 0 Å². The highest BCUT2D eigenvalue weighted by molar-refractivity contribution is 6.31. The summed E-state index contributed by atoms with van der Waals surface area (Å²) < 4.78 is 5.50. The van der Waals surface area contributed by atoms with Gasteiger partial charge in [-0.25, -0.2) is 0 Å². The summed E-state index contributed by atoms with van der Waals surface area (Å²) in [7, 11) is 0. The number of rotatable bonds is 6. The number of hydrogen-bond acceptors (Lipinski definition) is 3. The summed E-state index contributed by atoms with van der Waals surface area (Å²) in [6.07, 6.45) is 1.74. The number of carbonyl (C=O) groups is 1. The Morgan fingerprint density at radius 1 is 1.07 bits per heavy atom. The maximum atomic E-state index is 13.1. The average Bonchev–Trinajstić information content (AvgIpc) is 3.53. The van der Waals surface area contributed by atoms with Crippen LogP contribution in [0.2, 0.25) is 10.0 Å². The quantitative estimate of drug-likeness (QED) is 0.763. The lowest BCUT2D eigenvalue weighted by Crippen LogP contribution is -2.45. The van der Waals surface area contributed by atoms with E-state index in [2.05, 4.69) is 10.2 Å². The lowest BCUT2D eigenvalue weighted by Gasteiger charge is -2.35. The van der Waals surface area contributed by atoms with Gasteiger partial charge < -0.3 is 10.1 Å². The molecule has 1 unspecified atom stereocenters. The molecule has 1 N–H and O–H groups in total. The molecule has 2 aromatic carbocycles. The van der Waals surface area contributed by atoms with E-state index in [4.69, 9.17) is 27.9 Å².